The molecule has 0 amide bonds. The average molecular weight is 664 g/mol. The highest BCUT2D eigenvalue weighted by Crippen LogP contribution is 2.55. The van der Waals surface area contributed by atoms with E-state index in [9.17, 15) is 0 Å². The van der Waals surface area contributed by atoms with E-state index in [1.165, 1.54) is 60.3 Å². The third kappa shape index (κ3) is 4.02. The van der Waals surface area contributed by atoms with Crippen LogP contribution in [0.4, 0.5) is 0 Å². The number of hydrogen-bond acceptors (Lipinski definition) is 2. The van der Waals surface area contributed by atoms with Crippen molar-refractivity contribution in [2.75, 3.05) is 0 Å². The van der Waals surface area contributed by atoms with Gasteiger partial charge >= 0.3 is 0 Å². The molecular weight excluding hydrogens is 631 g/mol. The predicted molar refractivity (Wildman–Crippen MR) is 217 cm³/mol. The van der Waals surface area contributed by atoms with Crippen LogP contribution < -0.4 is 0 Å². The molecule has 0 aliphatic heterocycles. The molecule has 0 atom stereocenters. The van der Waals surface area contributed by atoms with Gasteiger partial charge < -0.3 is 0 Å². The van der Waals surface area contributed by atoms with Crippen LogP contribution in [-0.4, -0.2) is 14.5 Å². The van der Waals surface area contributed by atoms with Crippen molar-refractivity contribution in [3.05, 3.63) is 175 Å². The van der Waals surface area contributed by atoms with Crippen LogP contribution in [0.25, 0.3) is 93.7 Å². The van der Waals surface area contributed by atoms with Crippen molar-refractivity contribution in [3.63, 3.8) is 0 Å². The maximum absolute atomic E-state index is 5.44. The van der Waals surface area contributed by atoms with Crippen molar-refractivity contribution < 1.29 is 0 Å². The van der Waals surface area contributed by atoms with E-state index >= 15 is 0 Å². The number of hydrogen-bond donors (Lipinski definition) is 0. The number of benzene rings is 8. The Balaban J connectivity index is 1.24. The molecule has 2 aromatic heterocycles. The summed E-state index contributed by atoms with van der Waals surface area (Å²) < 4.78 is 2.30. The second kappa shape index (κ2) is 10.7. The summed E-state index contributed by atoms with van der Waals surface area (Å²) in [5.74, 6) is 0.680. The van der Waals surface area contributed by atoms with E-state index in [-0.39, 0.29) is 5.41 Å². The highest BCUT2D eigenvalue weighted by molar-refractivity contribution is 6.15. The summed E-state index contributed by atoms with van der Waals surface area (Å²) in [5.41, 5.74) is 12.8. The lowest BCUT2D eigenvalue weighted by molar-refractivity contribution is 0.661. The van der Waals surface area contributed by atoms with E-state index in [1.54, 1.807) is 0 Å². The Hall–Kier alpha value is -6.58. The zero-order chi connectivity index (χ0) is 34.6. The largest absolute Gasteiger partial charge is 0.278 e. The van der Waals surface area contributed by atoms with Crippen LogP contribution in [0, 0.1) is 0 Å². The van der Waals surface area contributed by atoms with E-state index in [4.69, 9.17) is 9.97 Å². The van der Waals surface area contributed by atoms with Gasteiger partial charge in [-0.1, -0.05) is 147 Å². The van der Waals surface area contributed by atoms with Crippen molar-refractivity contribution in [3.8, 4) is 39.5 Å². The van der Waals surface area contributed by atoms with Gasteiger partial charge in [-0.15, -0.1) is 0 Å². The maximum atomic E-state index is 5.44. The Kier molecular flexibility index (Phi) is 6.01. The van der Waals surface area contributed by atoms with Gasteiger partial charge in [-0.3, -0.25) is 4.57 Å². The molecule has 0 spiro atoms. The second-order valence-corrected chi connectivity index (χ2v) is 14.6. The molecule has 2 heterocycles. The SMILES string of the molecule is CC1(C)c2cc3c(cc2-c2c1cc(-c1ccccc1)c1ccccc21)c1ccccc1n3-c1nc(-c2ccccc2)c2ccc3ccccc3c2n1. The minimum absolute atomic E-state index is 0.233. The fourth-order valence-electron chi connectivity index (χ4n) is 8.88. The first-order chi connectivity index (χ1) is 25.6. The lowest BCUT2D eigenvalue weighted by Crippen LogP contribution is -2.15. The molecule has 0 N–H and O–H groups in total. The molecule has 0 bridgehead atoms. The van der Waals surface area contributed by atoms with E-state index < -0.39 is 0 Å². The van der Waals surface area contributed by atoms with Crippen LogP contribution in [-0.2, 0) is 5.41 Å². The van der Waals surface area contributed by atoms with Crippen molar-refractivity contribution >= 4 is 54.3 Å². The minimum atomic E-state index is -0.233. The third-order valence-electron chi connectivity index (χ3n) is 11.4. The average Bonchev–Trinajstić information content (AvgIpc) is 3.64. The molecular formula is C49H33N3. The van der Waals surface area contributed by atoms with Crippen LogP contribution in [0.3, 0.4) is 0 Å². The van der Waals surface area contributed by atoms with Crippen LogP contribution in [0.1, 0.15) is 25.0 Å². The van der Waals surface area contributed by atoms with Crippen molar-refractivity contribution in [2.45, 2.75) is 19.3 Å². The Bertz CT molecular complexity index is 3080. The van der Waals surface area contributed by atoms with Gasteiger partial charge in [0.1, 0.15) is 0 Å². The number of aromatic nitrogens is 3. The Morgan fingerprint density at radius 2 is 1.10 bits per heavy atom. The van der Waals surface area contributed by atoms with Crippen molar-refractivity contribution in [1.82, 2.24) is 14.5 Å². The molecule has 52 heavy (non-hydrogen) atoms. The molecule has 11 rings (SSSR count). The number of fused-ring (bicyclic) bond motifs is 11. The fourth-order valence-corrected chi connectivity index (χ4v) is 8.88. The van der Waals surface area contributed by atoms with Gasteiger partial charge in [0.15, 0.2) is 0 Å². The van der Waals surface area contributed by atoms with Crippen LogP contribution in [0.5, 0.6) is 0 Å². The molecule has 0 unspecified atom stereocenters. The summed E-state index contributed by atoms with van der Waals surface area (Å²) >= 11 is 0. The molecule has 3 nitrogen and oxygen atoms in total. The predicted octanol–water partition coefficient (Wildman–Crippen LogP) is 12.7. The molecule has 10 aromatic rings. The Morgan fingerprint density at radius 1 is 0.442 bits per heavy atom. The van der Waals surface area contributed by atoms with Crippen LogP contribution in [0.2, 0.25) is 0 Å². The summed E-state index contributed by atoms with van der Waals surface area (Å²) in [4.78, 5) is 10.9. The van der Waals surface area contributed by atoms with Gasteiger partial charge in [0.25, 0.3) is 0 Å². The summed E-state index contributed by atoms with van der Waals surface area (Å²) in [7, 11) is 0. The summed E-state index contributed by atoms with van der Waals surface area (Å²) in [6, 6.07) is 59.2. The fraction of sp³-hybridized carbons (Fsp3) is 0.0612. The maximum Gasteiger partial charge on any atom is 0.235 e. The molecule has 8 aromatic carbocycles. The monoisotopic (exact) mass is 663 g/mol. The first-order valence-electron chi connectivity index (χ1n) is 18.0. The molecule has 1 aliphatic rings. The Morgan fingerprint density at radius 3 is 1.88 bits per heavy atom. The van der Waals surface area contributed by atoms with Crippen LogP contribution in [0.15, 0.2) is 164 Å². The van der Waals surface area contributed by atoms with Crippen molar-refractivity contribution in [1.29, 1.82) is 0 Å². The molecule has 244 valence electrons. The minimum Gasteiger partial charge on any atom is -0.278 e. The third-order valence-corrected chi connectivity index (χ3v) is 11.4. The lowest BCUT2D eigenvalue weighted by Gasteiger charge is -2.23. The van der Waals surface area contributed by atoms with Crippen molar-refractivity contribution in [2.24, 2.45) is 0 Å². The summed E-state index contributed by atoms with van der Waals surface area (Å²) in [5, 5.41) is 8.32. The number of rotatable bonds is 3. The van der Waals surface area contributed by atoms with Gasteiger partial charge in [0.05, 0.1) is 22.2 Å². The van der Waals surface area contributed by atoms with E-state index in [2.05, 4.69) is 182 Å². The quantitative estimate of drug-likeness (QED) is 0.176. The zero-order valence-corrected chi connectivity index (χ0v) is 28.9. The standard InChI is InChI=1S/C49H33N3/c1-49(2)41-29-44-39(27-40(41)45-36-23-12-11-21-34(36)38(28-42(45)49)30-15-5-3-6-16-30)35-22-13-14-24-43(35)52(44)48-50-46(32-18-7-4-8-19-32)37-26-25-31-17-9-10-20-33(31)47(37)51-48/h3-29H,1-2H3. The molecule has 0 radical (unpaired) electrons. The highest BCUT2D eigenvalue weighted by Gasteiger charge is 2.38. The Labute approximate surface area is 301 Å². The lowest BCUT2D eigenvalue weighted by atomic mass is 9.80. The van der Waals surface area contributed by atoms with E-state index in [0.29, 0.717) is 5.95 Å². The highest BCUT2D eigenvalue weighted by atomic mass is 15.2. The van der Waals surface area contributed by atoms with Gasteiger partial charge in [-0.05, 0) is 79.9 Å². The van der Waals surface area contributed by atoms with Gasteiger partial charge in [0, 0.05) is 32.5 Å². The van der Waals surface area contributed by atoms with E-state index in [0.717, 1.165) is 38.6 Å². The topological polar surface area (TPSA) is 30.7 Å². The van der Waals surface area contributed by atoms with Crippen LogP contribution >= 0.6 is 0 Å². The number of para-hydroxylation sites is 1. The second-order valence-electron chi connectivity index (χ2n) is 14.6. The molecule has 1 aliphatic carbocycles. The molecule has 3 heteroatoms. The molecule has 0 fully saturated rings. The first kappa shape index (κ1) is 29.2. The molecule has 0 saturated carbocycles. The zero-order valence-electron chi connectivity index (χ0n) is 28.9. The normalized spacial score (nSPS) is 13.3. The summed E-state index contributed by atoms with van der Waals surface area (Å²) in [6.45, 7) is 4.76. The first-order valence-corrected chi connectivity index (χ1v) is 18.0. The van der Waals surface area contributed by atoms with Gasteiger partial charge in [-0.25, -0.2) is 9.97 Å². The smallest absolute Gasteiger partial charge is 0.235 e. The summed E-state index contributed by atoms with van der Waals surface area (Å²) in [6.07, 6.45) is 0. The number of nitrogens with zero attached hydrogens (tertiary/aromatic N) is 3. The van der Waals surface area contributed by atoms with Gasteiger partial charge in [-0.2, -0.15) is 0 Å². The van der Waals surface area contributed by atoms with E-state index in [1.807, 2.05) is 0 Å². The van der Waals surface area contributed by atoms with Gasteiger partial charge in [0.2, 0.25) is 5.95 Å². The molecule has 0 saturated heterocycles.